The van der Waals surface area contributed by atoms with Crippen molar-refractivity contribution in [3.8, 4) is 0 Å². The van der Waals surface area contributed by atoms with Gasteiger partial charge in [-0.25, -0.2) is 0 Å². The number of nitrogens with zero attached hydrogens (tertiary/aromatic N) is 2. The van der Waals surface area contributed by atoms with Crippen LogP contribution in [-0.4, -0.2) is 63.8 Å². The zero-order valence-electron chi connectivity index (χ0n) is 11.3. The molecule has 1 aliphatic heterocycles. The molecular weight excluding hydrogens is 216 g/mol. The number of aliphatic imine (C=N–C) groups is 1. The van der Waals surface area contributed by atoms with Gasteiger partial charge in [-0.1, -0.05) is 6.92 Å². The predicted octanol–water partition coefficient (Wildman–Crippen LogP) is 0.282. The van der Waals surface area contributed by atoms with Gasteiger partial charge >= 0.3 is 0 Å². The highest BCUT2D eigenvalue weighted by Gasteiger charge is 2.15. The Morgan fingerprint density at radius 2 is 2.29 bits per heavy atom. The van der Waals surface area contributed by atoms with Crippen molar-refractivity contribution in [1.29, 1.82) is 0 Å². The van der Waals surface area contributed by atoms with E-state index in [9.17, 15) is 0 Å². The summed E-state index contributed by atoms with van der Waals surface area (Å²) in [6.45, 7) is 6.92. The predicted molar refractivity (Wildman–Crippen MR) is 71.5 cm³/mol. The van der Waals surface area contributed by atoms with Gasteiger partial charge in [-0.2, -0.15) is 0 Å². The van der Waals surface area contributed by atoms with Crippen LogP contribution in [0.5, 0.6) is 0 Å². The van der Waals surface area contributed by atoms with Crippen LogP contribution in [0.25, 0.3) is 0 Å². The highest BCUT2D eigenvalue weighted by atomic mass is 16.5. The highest BCUT2D eigenvalue weighted by Crippen LogP contribution is 2.10. The van der Waals surface area contributed by atoms with E-state index < -0.39 is 0 Å². The largest absolute Gasteiger partial charge is 0.376 e. The summed E-state index contributed by atoms with van der Waals surface area (Å²) >= 11 is 0. The quantitative estimate of drug-likeness (QED) is 0.519. The molecule has 1 rings (SSSR count). The second kappa shape index (κ2) is 8.31. The van der Waals surface area contributed by atoms with Crippen molar-refractivity contribution in [3.05, 3.63) is 0 Å². The maximum absolute atomic E-state index is 5.55. The van der Waals surface area contributed by atoms with Crippen LogP contribution in [0.3, 0.4) is 0 Å². The van der Waals surface area contributed by atoms with E-state index in [0.717, 1.165) is 45.2 Å². The third-order valence-electron chi connectivity index (χ3n) is 3.07. The number of hydrogen-bond acceptors (Lipinski definition) is 3. The van der Waals surface area contributed by atoms with Crippen molar-refractivity contribution < 1.29 is 4.74 Å². The SMILES string of the molecule is CCN(C)CCNC(=NC)NCC1CCCO1. The molecule has 1 atom stereocenters. The molecule has 0 saturated carbocycles. The summed E-state index contributed by atoms with van der Waals surface area (Å²) in [6, 6.07) is 0. The Hall–Kier alpha value is -0.810. The van der Waals surface area contributed by atoms with Crippen molar-refractivity contribution >= 4 is 5.96 Å². The molecule has 0 aromatic rings. The van der Waals surface area contributed by atoms with E-state index in [4.69, 9.17) is 4.74 Å². The van der Waals surface area contributed by atoms with Gasteiger partial charge in [0.25, 0.3) is 0 Å². The average Bonchev–Trinajstić information content (AvgIpc) is 2.86. The summed E-state index contributed by atoms with van der Waals surface area (Å²) in [4.78, 5) is 6.46. The minimum atomic E-state index is 0.354. The normalized spacial score (nSPS) is 20.9. The number of hydrogen-bond donors (Lipinski definition) is 2. The zero-order valence-corrected chi connectivity index (χ0v) is 11.3. The van der Waals surface area contributed by atoms with E-state index in [1.807, 2.05) is 0 Å². The third kappa shape index (κ3) is 5.89. The molecule has 1 aliphatic rings. The Kier molecular flexibility index (Phi) is 6.96. The van der Waals surface area contributed by atoms with Crippen LogP contribution in [0, 0.1) is 0 Å². The summed E-state index contributed by atoms with van der Waals surface area (Å²) < 4.78 is 5.55. The monoisotopic (exact) mass is 242 g/mol. The number of ether oxygens (including phenoxy) is 1. The minimum Gasteiger partial charge on any atom is -0.376 e. The fourth-order valence-electron chi connectivity index (χ4n) is 1.76. The average molecular weight is 242 g/mol. The molecule has 1 unspecified atom stereocenters. The lowest BCUT2D eigenvalue weighted by Crippen LogP contribution is -2.43. The first kappa shape index (κ1) is 14.3. The first-order valence-electron chi connectivity index (χ1n) is 6.51. The summed E-state index contributed by atoms with van der Waals surface area (Å²) in [7, 11) is 3.92. The number of nitrogens with one attached hydrogen (secondary N) is 2. The van der Waals surface area contributed by atoms with Crippen LogP contribution in [0.2, 0.25) is 0 Å². The minimum absolute atomic E-state index is 0.354. The van der Waals surface area contributed by atoms with E-state index in [1.54, 1.807) is 7.05 Å². The van der Waals surface area contributed by atoms with Crippen molar-refractivity contribution in [2.75, 3.05) is 46.9 Å². The van der Waals surface area contributed by atoms with Crippen molar-refractivity contribution in [2.45, 2.75) is 25.9 Å². The van der Waals surface area contributed by atoms with E-state index >= 15 is 0 Å². The Bertz CT molecular complexity index is 227. The molecule has 0 radical (unpaired) electrons. The first-order chi connectivity index (χ1) is 8.26. The van der Waals surface area contributed by atoms with E-state index in [0.29, 0.717) is 6.10 Å². The molecule has 1 fully saturated rings. The van der Waals surface area contributed by atoms with Gasteiger partial charge in [0.15, 0.2) is 5.96 Å². The molecule has 0 aromatic carbocycles. The maximum atomic E-state index is 5.55. The van der Waals surface area contributed by atoms with Crippen molar-refractivity contribution in [1.82, 2.24) is 15.5 Å². The van der Waals surface area contributed by atoms with Gasteiger partial charge < -0.3 is 20.3 Å². The van der Waals surface area contributed by atoms with E-state index in [-0.39, 0.29) is 0 Å². The van der Waals surface area contributed by atoms with Gasteiger partial charge in [0.2, 0.25) is 0 Å². The number of rotatable bonds is 6. The van der Waals surface area contributed by atoms with Gasteiger partial charge in [-0.3, -0.25) is 4.99 Å². The molecule has 1 saturated heterocycles. The standard InChI is InChI=1S/C12H26N4O/c1-4-16(3)8-7-14-12(13-2)15-10-11-6-5-9-17-11/h11H,4-10H2,1-3H3,(H2,13,14,15). The van der Waals surface area contributed by atoms with Gasteiger partial charge in [-0.15, -0.1) is 0 Å². The summed E-state index contributed by atoms with van der Waals surface area (Å²) in [5, 5.41) is 6.60. The molecule has 0 amide bonds. The molecular formula is C12H26N4O. The topological polar surface area (TPSA) is 48.9 Å². The molecule has 5 nitrogen and oxygen atoms in total. The fraction of sp³-hybridized carbons (Fsp3) is 0.917. The van der Waals surface area contributed by atoms with Crippen LogP contribution in [0.1, 0.15) is 19.8 Å². The third-order valence-corrected chi connectivity index (χ3v) is 3.07. The molecule has 0 bridgehead atoms. The lowest BCUT2D eigenvalue weighted by molar-refractivity contribution is 0.114. The van der Waals surface area contributed by atoms with Gasteiger partial charge in [0.05, 0.1) is 6.10 Å². The van der Waals surface area contributed by atoms with Crippen LogP contribution in [-0.2, 0) is 4.74 Å². The lowest BCUT2D eigenvalue weighted by Gasteiger charge is -2.17. The molecule has 0 aliphatic carbocycles. The molecule has 1 heterocycles. The Balaban J connectivity index is 2.11. The molecule has 100 valence electrons. The van der Waals surface area contributed by atoms with Gasteiger partial charge in [-0.05, 0) is 26.4 Å². The van der Waals surface area contributed by atoms with Crippen LogP contribution in [0.15, 0.2) is 4.99 Å². The first-order valence-corrected chi connectivity index (χ1v) is 6.51. The second-order valence-electron chi connectivity index (χ2n) is 4.41. The van der Waals surface area contributed by atoms with Crippen LogP contribution in [0.4, 0.5) is 0 Å². The summed E-state index contributed by atoms with van der Waals surface area (Å²) in [5.74, 6) is 0.866. The Morgan fingerprint density at radius 3 is 2.88 bits per heavy atom. The van der Waals surface area contributed by atoms with E-state index in [1.165, 1.54) is 6.42 Å². The summed E-state index contributed by atoms with van der Waals surface area (Å²) in [6.07, 6.45) is 2.69. The molecule has 0 spiro atoms. The van der Waals surface area contributed by atoms with Crippen LogP contribution < -0.4 is 10.6 Å². The Labute approximate surface area is 105 Å². The van der Waals surface area contributed by atoms with E-state index in [2.05, 4.69) is 34.5 Å². The smallest absolute Gasteiger partial charge is 0.191 e. The molecule has 5 heteroatoms. The summed E-state index contributed by atoms with van der Waals surface area (Å²) in [5.41, 5.74) is 0. The zero-order chi connectivity index (χ0) is 12.5. The van der Waals surface area contributed by atoms with Crippen molar-refractivity contribution in [2.24, 2.45) is 4.99 Å². The highest BCUT2D eigenvalue weighted by molar-refractivity contribution is 5.79. The van der Waals surface area contributed by atoms with Gasteiger partial charge in [0, 0.05) is 33.3 Å². The Morgan fingerprint density at radius 1 is 1.47 bits per heavy atom. The maximum Gasteiger partial charge on any atom is 0.191 e. The molecule has 0 aromatic heterocycles. The lowest BCUT2D eigenvalue weighted by atomic mass is 10.2. The number of likely N-dealkylation sites (N-methyl/N-ethyl adjacent to an activating group) is 1. The van der Waals surface area contributed by atoms with Gasteiger partial charge in [0.1, 0.15) is 0 Å². The number of guanidine groups is 1. The van der Waals surface area contributed by atoms with Crippen LogP contribution >= 0.6 is 0 Å². The molecule has 17 heavy (non-hydrogen) atoms. The fourth-order valence-corrected chi connectivity index (χ4v) is 1.76. The molecule has 2 N–H and O–H groups in total. The second-order valence-corrected chi connectivity index (χ2v) is 4.41. The van der Waals surface area contributed by atoms with Crippen molar-refractivity contribution in [3.63, 3.8) is 0 Å².